The Morgan fingerprint density at radius 3 is 2.12 bits per heavy atom. The van der Waals surface area contributed by atoms with E-state index in [0.717, 1.165) is 25.9 Å². The molecule has 0 heterocycles. The Kier molecular flexibility index (Phi) is 12.1. The number of hydrogen-bond acceptors (Lipinski definition) is 2. The van der Waals surface area contributed by atoms with Crippen molar-refractivity contribution in [2.75, 3.05) is 13.1 Å². The third kappa shape index (κ3) is 13.4. The van der Waals surface area contributed by atoms with Crippen LogP contribution in [0.1, 0.15) is 64.7 Å². The number of primary amides is 1. The van der Waals surface area contributed by atoms with Crippen molar-refractivity contribution in [2.24, 2.45) is 5.73 Å². The SMILES string of the molecule is CCCCCCCCNCCCCC(N)=O. The van der Waals surface area contributed by atoms with E-state index in [1.54, 1.807) is 0 Å². The fourth-order valence-electron chi connectivity index (χ4n) is 1.70. The zero-order valence-electron chi connectivity index (χ0n) is 10.8. The van der Waals surface area contributed by atoms with Crippen molar-refractivity contribution in [3.8, 4) is 0 Å². The number of carbonyl (C=O) groups excluding carboxylic acids is 1. The summed E-state index contributed by atoms with van der Waals surface area (Å²) in [7, 11) is 0. The summed E-state index contributed by atoms with van der Waals surface area (Å²) in [5.74, 6) is -0.184. The lowest BCUT2D eigenvalue weighted by Gasteiger charge is -2.04. The van der Waals surface area contributed by atoms with E-state index in [2.05, 4.69) is 12.2 Å². The molecule has 3 heteroatoms. The first-order valence-corrected chi connectivity index (χ1v) is 6.76. The smallest absolute Gasteiger partial charge is 0.217 e. The van der Waals surface area contributed by atoms with Gasteiger partial charge in [-0.25, -0.2) is 0 Å². The van der Waals surface area contributed by atoms with E-state index in [4.69, 9.17) is 5.73 Å². The fourth-order valence-corrected chi connectivity index (χ4v) is 1.70. The summed E-state index contributed by atoms with van der Waals surface area (Å²) in [6.07, 6.45) is 10.6. The van der Waals surface area contributed by atoms with Crippen LogP contribution >= 0.6 is 0 Å². The number of hydrogen-bond donors (Lipinski definition) is 2. The van der Waals surface area contributed by atoms with Crippen LogP contribution in [-0.4, -0.2) is 19.0 Å². The third-order valence-corrected chi connectivity index (χ3v) is 2.73. The molecule has 3 N–H and O–H groups in total. The minimum absolute atomic E-state index is 0.184. The summed E-state index contributed by atoms with van der Waals surface area (Å²) in [5.41, 5.74) is 5.05. The van der Waals surface area contributed by atoms with E-state index in [0.29, 0.717) is 6.42 Å². The van der Waals surface area contributed by atoms with Gasteiger partial charge in [0.25, 0.3) is 0 Å². The fraction of sp³-hybridized carbons (Fsp3) is 0.923. The van der Waals surface area contributed by atoms with Gasteiger partial charge in [0.05, 0.1) is 0 Å². The van der Waals surface area contributed by atoms with Crippen molar-refractivity contribution < 1.29 is 4.79 Å². The van der Waals surface area contributed by atoms with Crippen molar-refractivity contribution in [3.05, 3.63) is 0 Å². The number of nitrogens with one attached hydrogen (secondary N) is 1. The van der Waals surface area contributed by atoms with Crippen LogP contribution in [0.5, 0.6) is 0 Å². The van der Waals surface area contributed by atoms with Gasteiger partial charge in [0.2, 0.25) is 5.91 Å². The van der Waals surface area contributed by atoms with E-state index >= 15 is 0 Å². The molecule has 16 heavy (non-hydrogen) atoms. The van der Waals surface area contributed by atoms with Gasteiger partial charge in [-0.05, 0) is 32.4 Å². The Hall–Kier alpha value is -0.570. The topological polar surface area (TPSA) is 55.1 Å². The zero-order chi connectivity index (χ0) is 12.1. The zero-order valence-corrected chi connectivity index (χ0v) is 10.8. The molecule has 0 fully saturated rings. The molecule has 0 unspecified atom stereocenters. The lowest BCUT2D eigenvalue weighted by molar-refractivity contribution is -0.118. The van der Waals surface area contributed by atoms with E-state index in [1.165, 1.54) is 38.5 Å². The highest BCUT2D eigenvalue weighted by Gasteiger charge is 1.94. The van der Waals surface area contributed by atoms with Crippen LogP contribution in [-0.2, 0) is 4.79 Å². The summed E-state index contributed by atoms with van der Waals surface area (Å²) >= 11 is 0. The second-order valence-electron chi connectivity index (χ2n) is 4.44. The average Bonchev–Trinajstić information content (AvgIpc) is 2.25. The number of unbranched alkanes of at least 4 members (excludes halogenated alkanes) is 6. The molecule has 0 aromatic heterocycles. The van der Waals surface area contributed by atoms with Gasteiger partial charge in [0.1, 0.15) is 0 Å². The normalized spacial score (nSPS) is 10.6. The first-order valence-electron chi connectivity index (χ1n) is 6.76. The Labute approximate surface area is 100 Å². The Bertz CT molecular complexity index is 160. The van der Waals surface area contributed by atoms with Crippen LogP contribution in [0.2, 0.25) is 0 Å². The maximum absolute atomic E-state index is 10.5. The molecule has 0 aliphatic carbocycles. The lowest BCUT2D eigenvalue weighted by atomic mass is 10.1. The maximum Gasteiger partial charge on any atom is 0.217 e. The summed E-state index contributed by atoms with van der Waals surface area (Å²) < 4.78 is 0. The molecule has 1 amide bonds. The highest BCUT2D eigenvalue weighted by atomic mass is 16.1. The molecule has 0 aliphatic heterocycles. The van der Waals surface area contributed by atoms with Gasteiger partial charge in [0, 0.05) is 6.42 Å². The van der Waals surface area contributed by atoms with Crippen LogP contribution < -0.4 is 11.1 Å². The minimum Gasteiger partial charge on any atom is -0.370 e. The molecule has 0 spiro atoms. The van der Waals surface area contributed by atoms with E-state index in [1.807, 2.05) is 0 Å². The summed E-state index contributed by atoms with van der Waals surface area (Å²) in [4.78, 5) is 10.5. The average molecular weight is 228 g/mol. The molecule has 0 saturated heterocycles. The van der Waals surface area contributed by atoms with Crippen LogP contribution in [0.25, 0.3) is 0 Å². The standard InChI is InChI=1S/C13H28N2O/c1-2-3-4-5-6-8-11-15-12-9-7-10-13(14)16/h15H,2-12H2,1H3,(H2,14,16). The van der Waals surface area contributed by atoms with Gasteiger partial charge in [-0.1, -0.05) is 39.0 Å². The number of nitrogens with two attached hydrogens (primary N) is 1. The Morgan fingerprint density at radius 1 is 0.938 bits per heavy atom. The predicted octanol–water partition coefficient (Wildman–Crippen LogP) is 2.59. The Morgan fingerprint density at radius 2 is 1.50 bits per heavy atom. The number of carbonyl (C=O) groups is 1. The van der Waals surface area contributed by atoms with E-state index in [-0.39, 0.29) is 5.91 Å². The molecule has 0 atom stereocenters. The van der Waals surface area contributed by atoms with Gasteiger partial charge in [-0.2, -0.15) is 0 Å². The second kappa shape index (κ2) is 12.5. The summed E-state index contributed by atoms with van der Waals surface area (Å²) in [6.45, 7) is 4.37. The largest absolute Gasteiger partial charge is 0.370 e. The van der Waals surface area contributed by atoms with Crippen LogP contribution in [0.4, 0.5) is 0 Å². The van der Waals surface area contributed by atoms with Gasteiger partial charge in [-0.3, -0.25) is 4.79 Å². The van der Waals surface area contributed by atoms with Crippen LogP contribution in [0.15, 0.2) is 0 Å². The molecule has 0 rings (SSSR count). The quantitative estimate of drug-likeness (QED) is 0.504. The van der Waals surface area contributed by atoms with E-state index in [9.17, 15) is 4.79 Å². The number of rotatable bonds is 12. The van der Waals surface area contributed by atoms with Gasteiger partial charge in [0.15, 0.2) is 0 Å². The minimum atomic E-state index is -0.184. The molecular weight excluding hydrogens is 200 g/mol. The van der Waals surface area contributed by atoms with Crippen LogP contribution in [0.3, 0.4) is 0 Å². The lowest BCUT2D eigenvalue weighted by Crippen LogP contribution is -2.17. The second-order valence-corrected chi connectivity index (χ2v) is 4.44. The molecular formula is C13H28N2O. The predicted molar refractivity (Wildman–Crippen MR) is 69.3 cm³/mol. The van der Waals surface area contributed by atoms with Crippen molar-refractivity contribution in [1.29, 1.82) is 0 Å². The first kappa shape index (κ1) is 15.4. The third-order valence-electron chi connectivity index (χ3n) is 2.73. The van der Waals surface area contributed by atoms with Crippen LogP contribution in [0, 0.1) is 0 Å². The first-order chi connectivity index (χ1) is 7.77. The molecule has 0 radical (unpaired) electrons. The van der Waals surface area contributed by atoms with Crippen molar-refractivity contribution >= 4 is 5.91 Å². The highest BCUT2D eigenvalue weighted by Crippen LogP contribution is 2.04. The number of amides is 1. The van der Waals surface area contributed by atoms with Gasteiger partial charge >= 0.3 is 0 Å². The summed E-state index contributed by atoms with van der Waals surface area (Å²) in [5, 5.41) is 3.40. The molecule has 0 saturated carbocycles. The molecule has 0 aliphatic rings. The van der Waals surface area contributed by atoms with Crippen molar-refractivity contribution in [1.82, 2.24) is 5.32 Å². The highest BCUT2D eigenvalue weighted by molar-refractivity contribution is 5.73. The Balaban J connectivity index is 2.90. The molecule has 0 aromatic carbocycles. The van der Waals surface area contributed by atoms with Gasteiger partial charge in [-0.15, -0.1) is 0 Å². The summed E-state index contributed by atoms with van der Waals surface area (Å²) in [6, 6.07) is 0. The molecule has 3 nitrogen and oxygen atoms in total. The maximum atomic E-state index is 10.5. The van der Waals surface area contributed by atoms with Crippen molar-refractivity contribution in [2.45, 2.75) is 64.7 Å². The van der Waals surface area contributed by atoms with Gasteiger partial charge < -0.3 is 11.1 Å². The molecule has 96 valence electrons. The monoisotopic (exact) mass is 228 g/mol. The molecule has 0 aromatic rings. The van der Waals surface area contributed by atoms with Crippen molar-refractivity contribution in [3.63, 3.8) is 0 Å². The molecule has 0 bridgehead atoms. The van der Waals surface area contributed by atoms with E-state index < -0.39 is 0 Å².